The highest BCUT2D eigenvalue weighted by Crippen LogP contribution is 2.33. The molecule has 0 saturated carbocycles. The summed E-state index contributed by atoms with van der Waals surface area (Å²) in [6, 6.07) is 19.7. The fourth-order valence-electron chi connectivity index (χ4n) is 6.76. The molecule has 0 radical (unpaired) electrons. The minimum atomic E-state index is -1.31. The lowest BCUT2D eigenvalue weighted by Crippen LogP contribution is -2.39. The van der Waals surface area contributed by atoms with Gasteiger partial charge in [-0.15, -0.1) is 0 Å². The maximum Gasteiger partial charge on any atom is 0.251 e. The van der Waals surface area contributed by atoms with Gasteiger partial charge in [-0.05, 0) is 53.8 Å². The van der Waals surface area contributed by atoms with Gasteiger partial charge in [0.2, 0.25) is 5.91 Å². The van der Waals surface area contributed by atoms with Crippen LogP contribution in [0.15, 0.2) is 73.3 Å². The van der Waals surface area contributed by atoms with E-state index in [1.165, 1.54) is 12.7 Å². The molecule has 1 aliphatic rings. The number of aromatic nitrogens is 4. The molecule has 2 aromatic heterocycles. The Kier molecular flexibility index (Phi) is 12.5. The molecule has 0 bridgehead atoms. The fourth-order valence-corrected chi connectivity index (χ4v) is 6.76. The molecule has 3 aromatic carbocycles. The molecule has 5 aromatic rings. The number of aliphatic hydroxyl groups is 2. The molecule has 0 unspecified atom stereocenters. The van der Waals surface area contributed by atoms with E-state index in [0.29, 0.717) is 47.6 Å². The van der Waals surface area contributed by atoms with E-state index in [4.69, 9.17) is 4.74 Å². The molecule has 2 amide bonds. The Labute approximate surface area is 309 Å². The smallest absolute Gasteiger partial charge is 0.251 e. The van der Waals surface area contributed by atoms with Gasteiger partial charge in [-0.1, -0.05) is 76.1 Å². The van der Waals surface area contributed by atoms with Gasteiger partial charge in [0.15, 0.2) is 23.2 Å². The molecule has 280 valence electrons. The Morgan fingerprint density at radius 3 is 2.45 bits per heavy atom. The van der Waals surface area contributed by atoms with E-state index < -0.39 is 30.4 Å². The first-order valence-electron chi connectivity index (χ1n) is 18.7. The number of nitrogens with one attached hydrogen (secondary N) is 3. The van der Waals surface area contributed by atoms with Crippen molar-refractivity contribution in [3.05, 3.63) is 84.4 Å². The van der Waals surface area contributed by atoms with E-state index in [1.807, 2.05) is 31.2 Å². The van der Waals surface area contributed by atoms with Crippen molar-refractivity contribution in [3.63, 3.8) is 0 Å². The number of anilines is 3. The van der Waals surface area contributed by atoms with Crippen LogP contribution in [-0.2, 0) is 16.1 Å². The summed E-state index contributed by atoms with van der Waals surface area (Å²) in [6.07, 6.45) is 3.59. The van der Waals surface area contributed by atoms with Crippen LogP contribution in [0.5, 0.6) is 0 Å². The van der Waals surface area contributed by atoms with Gasteiger partial charge in [0.1, 0.15) is 24.6 Å². The van der Waals surface area contributed by atoms with Crippen molar-refractivity contribution in [1.29, 1.82) is 0 Å². The highest BCUT2D eigenvalue weighted by atomic mass is 16.6. The van der Waals surface area contributed by atoms with Crippen molar-refractivity contribution in [1.82, 2.24) is 24.8 Å². The van der Waals surface area contributed by atoms with Crippen molar-refractivity contribution in [2.24, 2.45) is 0 Å². The average Bonchev–Trinajstić information content (AvgIpc) is 3.73. The van der Waals surface area contributed by atoms with Crippen molar-refractivity contribution >= 4 is 50.9 Å². The van der Waals surface area contributed by atoms with E-state index in [9.17, 15) is 19.8 Å². The summed E-state index contributed by atoms with van der Waals surface area (Å²) in [5.74, 6) is 0.0195. The first-order chi connectivity index (χ1) is 25.8. The van der Waals surface area contributed by atoms with Gasteiger partial charge >= 0.3 is 0 Å². The summed E-state index contributed by atoms with van der Waals surface area (Å²) in [5, 5.41) is 33.6. The van der Waals surface area contributed by atoms with Crippen molar-refractivity contribution in [3.8, 4) is 0 Å². The molecule has 1 saturated heterocycles. The van der Waals surface area contributed by atoms with Crippen LogP contribution >= 0.6 is 0 Å². The van der Waals surface area contributed by atoms with E-state index in [2.05, 4.69) is 73.9 Å². The van der Waals surface area contributed by atoms with Crippen molar-refractivity contribution in [2.75, 3.05) is 35.2 Å². The van der Waals surface area contributed by atoms with Gasteiger partial charge < -0.3 is 35.8 Å². The predicted molar refractivity (Wildman–Crippen MR) is 207 cm³/mol. The number of hydrogen-bond donors (Lipinski definition) is 5. The van der Waals surface area contributed by atoms with Crippen LogP contribution in [0.2, 0.25) is 0 Å². The number of imidazole rings is 1. The quantitative estimate of drug-likeness (QED) is 0.0794. The highest BCUT2D eigenvalue weighted by Gasteiger charge is 2.44. The van der Waals surface area contributed by atoms with Crippen LogP contribution in [0, 0.1) is 0 Å². The number of carbonyl (C=O) groups excluding carboxylic acids is 2. The van der Waals surface area contributed by atoms with E-state index >= 15 is 0 Å². The van der Waals surface area contributed by atoms with E-state index in [0.717, 1.165) is 60.8 Å². The molecule has 6 rings (SSSR count). The van der Waals surface area contributed by atoms with Crippen LogP contribution in [-0.4, -0.2) is 79.5 Å². The fraction of sp³-hybridized carbons (Fsp3) is 0.425. The number of nitrogens with zero attached hydrogens (tertiary/aromatic N) is 5. The second kappa shape index (κ2) is 17.6. The zero-order valence-electron chi connectivity index (χ0n) is 30.7. The molecular weight excluding hydrogens is 672 g/mol. The molecular formula is C40H50N8O5. The van der Waals surface area contributed by atoms with Gasteiger partial charge in [0.25, 0.3) is 5.91 Å². The van der Waals surface area contributed by atoms with Crippen LogP contribution in [0.3, 0.4) is 0 Å². The zero-order valence-corrected chi connectivity index (χ0v) is 30.7. The lowest BCUT2D eigenvalue weighted by molar-refractivity contribution is -0.116. The van der Waals surface area contributed by atoms with Gasteiger partial charge in [-0.3, -0.25) is 14.2 Å². The number of carbonyl (C=O) groups is 2. The standard InChI is InChI=1S/C40H50N8O5/c1-4-7-19-47(20-8-5-2)31-18-17-27(21-30(31)46-33(49)12-6-3)39(52)42-23-32-35(50)36(51)40(53-32)48-25-45-34-37(43-24-44-38(34)48)41-22-28-15-11-14-26-13-9-10-16-29(26)28/h9-11,13-18,21,24-25,32,35-36,40,50-51H,4-8,12,19-20,22-23H2,1-3H3,(H,42,52)(H,46,49)(H,41,43,44)/t32-,35-,36-,40-/m1/s1. The third-order valence-corrected chi connectivity index (χ3v) is 9.67. The molecule has 13 nitrogen and oxygen atoms in total. The Hall–Kier alpha value is -5.11. The summed E-state index contributed by atoms with van der Waals surface area (Å²) in [5.41, 5.74) is 3.85. The summed E-state index contributed by atoms with van der Waals surface area (Å²) in [6.45, 7) is 8.39. The molecule has 53 heavy (non-hydrogen) atoms. The summed E-state index contributed by atoms with van der Waals surface area (Å²) in [4.78, 5) is 41.8. The predicted octanol–water partition coefficient (Wildman–Crippen LogP) is 5.79. The second-order valence-corrected chi connectivity index (χ2v) is 13.5. The number of fused-ring (bicyclic) bond motifs is 2. The molecule has 4 atom stereocenters. The average molecular weight is 723 g/mol. The Morgan fingerprint density at radius 1 is 0.906 bits per heavy atom. The molecule has 13 heteroatoms. The Morgan fingerprint density at radius 2 is 1.68 bits per heavy atom. The molecule has 0 aliphatic carbocycles. The zero-order chi connectivity index (χ0) is 37.3. The SMILES string of the molecule is CCCCN(CCCC)c1ccc(C(=O)NC[C@H]2O[C@@H](n3cnc4c(NCc5cccc6ccccc56)ncnc43)[C@H](O)[C@@H]2O)cc1NC(=O)CCC. The normalized spacial score (nSPS) is 18.4. The Balaban J connectivity index is 1.14. The summed E-state index contributed by atoms with van der Waals surface area (Å²) >= 11 is 0. The number of unbranched alkanes of at least 4 members (excludes halogenated alkanes) is 2. The van der Waals surface area contributed by atoms with Crippen LogP contribution in [0.1, 0.15) is 81.4 Å². The minimum absolute atomic E-state index is 0.0641. The number of amides is 2. The maximum atomic E-state index is 13.5. The molecule has 0 spiro atoms. The van der Waals surface area contributed by atoms with E-state index in [1.54, 1.807) is 16.7 Å². The lowest BCUT2D eigenvalue weighted by Gasteiger charge is -2.27. The lowest BCUT2D eigenvalue weighted by atomic mass is 10.0. The first kappa shape index (κ1) is 37.6. The summed E-state index contributed by atoms with van der Waals surface area (Å²) in [7, 11) is 0. The molecule has 5 N–H and O–H groups in total. The second-order valence-electron chi connectivity index (χ2n) is 13.5. The minimum Gasteiger partial charge on any atom is -0.387 e. The molecule has 1 fully saturated rings. The number of benzene rings is 3. The maximum absolute atomic E-state index is 13.5. The monoisotopic (exact) mass is 722 g/mol. The van der Waals surface area contributed by atoms with E-state index in [-0.39, 0.29) is 12.5 Å². The topological polar surface area (TPSA) is 167 Å². The number of aliphatic hydroxyl groups excluding tert-OH is 2. The number of rotatable bonds is 17. The van der Waals surface area contributed by atoms with Crippen LogP contribution in [0.4, 0.5) is 17.2 Å². The molecule has 3 heterocycles. The first-order valence-corrected chi connectivity index (χ1v) is 18.7. The van der Waals surface area contributed by atoms with Crippen molar-refractivity contribution < 1.29 is 24.5 Å². The van der Waals surface area contributed by atoms with Crippen LogP contribution < -0.4 is 20.9 Å². The van der Waals surface area contributed by atoms with Crippen molar-refractivity contribution in [2.45, 2.75) is 90.4 Å². The largest absolute Gasteiger partial charge is 0.387 e. The number of hydrogen-bond acceptors (Lipinski definition) is 10. The van der Waals surface area contributed by atoms with Crippen LogP contribution in [0.25, 0.3) is 21.9 Å². The number of ether oxygens (including phenoxy) is 1. The highest BCUT2D eigenvalue weighted by molar-refractivity contribution is 6.00. The van der Waals surface area contributed by atoms with Gasteiger partial charge in [-0.25, -0.2) is 15.0 Å². The third-order valence-electron chi connectivity index (χ3n) is 9.67. The van der Waals surface area contributed by atoms with Gasteiger partial charge in [-0.2, -0.15) is 0 Å². The molecule has 1 aliphatic heterocycles. The third kappa shape index (κ3) is 8.59. The summed E-state index contributed by atoms with van der Waals surface area (Å²) < 4.78 is 7.71. The van der Waals surface area contributed by atoms with Gasteiger partial charge in [0, 0.05) is 38.2 Å². The van der Waals surface area contributed by atoms with Gasteiger partial charge in [0.05, 0.1) is 17.7 Å². The Bertz CT molecular complexity index is 2000.